The van der Waals surface area contributed by atoms with Gasteiger partial charge in [0.05, 0.1) is 18.5 Å². The predicted octanol–water partition coefficient (Wildman–Crippen LogP) is 2.28. The summed E-state index contributed by atoms with van der Waals surface area (Å²) in [5.74, 6) is 0.968. The Bertz CT molecular complexity index is 453. The molecule has 17 heavy (non-hydrogen) atoms. The molecule has 2 heterocycles. The quantitative estimate of drug-likeness (QED) is 0.857. The first-order valence-electron chi connectivity index (χ1n) is 5.73. The van der Waals surface area contributed by atoms with E-state index in [-0.39, 0.29) is 0 Å². The van der Waals surface area contributed by atoms with Gasteiger partial charge in [0.25, 0.3) is 0 Å². The van der Waals surface area contributed by atoms with Gasteiger partial charge in [-0.25, -0.2) is 0 Å². The molecule has 0 atom stereocenters. The number of hydrogen-bond donors (Lipinski definition) is 1. The fourth-order valence-corrected chi connectivity index (χ4v) is 1.71. The molecule has 0 saturated carbocycles. The molecule has 2 aromatic rings. The summed E-state index contributed by atoms with van der Waals surface area (Å²) in [6.45, 7) is 4.63. The van der Waals surface area contributed by atoms with Gasteiger partial charge in [-0.15, -0.1) is 0 Å². The summed E-state index contributed by atoms with van der Waals surface area (Å²) in [5.41, 5.74) is 7.47. The fourth-order valence-electron chi connectivity index (χ4n) is 1.71. The van der Waals surface area contributed by atoms with Crippen molar-refractivity contribution >= 4 is 5.69 Å². The second-order valence-electron chi connectivity index (χ2n) is 3.96. The lowest BCUT2D eigenvalue weighted by atomic mass is 10.3. The normalized spacial score (nSPS) is 10.9. The SMILES string of the molecule is CCN(Cc1cc(N)ccn1)Cc1ccco1. The molecule has 0 aliphatic carbocycles. The van der Waals surface area contributed by atoms with E-state index in [2.05, 4.69) is 16.8 Å². The first kappa shape index (κ1) is 11.7. The average Bonchev–Trinajstić information content (AvgIpc) is 2.81. The molecule has 2 rings (SSSR count). The minimum atomic E-state index is 0.754. The van der Waals surface area contributed by atoms with Gasteiger partial charge in [-0.2, -0.15) is 0 Å². The van der Waals surface area contributed by atoms with Crippen molar-refractivity contribution in [2.24, 2.45) is 0 Å². The van der Waals surface area contributed by atoms with Crippen LogP contribution in [-0.4, -0.2) is 16.4 Å². The van der Waals surface area contributed by atoms with E-state index >= 15 is 0 Å². The van der Waals surface area contributed by atoms with Gasteiger partial charge in [0.15, 0.2) is 0 Å². The van der Waals surface area contributed by atoms with Crippen molar-refractivity contribution in [2.75, 3.05) is 12.3 Å². The number of furan rings is 1. The Balaban J connectivity index is 2.00. The Hall–Kier alpha value is -1.81. The van der Waals surface area contributed by atoms with Crippen molar-refractivity contribution < 1.29 is 4.42 Å². The van der Waals surface area contributed by atoms with Gasteiger partial charge in [0, 0.05) is 18.4 Å². The van der Waals surface area contributed by atoms with Gasteiger partial charge >= 0.3 is 0 Å². The van der Waals surface area contributed by atoms with E-state index in [0.29, 0.717) is 0 Å². The molecular weight excluding hydrogens is 214 g/mol. The van der Waals surface area contributed by atoms with Crippen molar-refractivity contribution in [3.63, 3.8) is 0 Å². The molecule has 0 amide bonds. The maximum atomic E-state index is 5.73. The zero-order valence-corrected chi connectivity index (χ0v) is 9.97. The highest BCUT2D eigenvalue weighted by atomic mass is 16.3. The topological polar surface area (TPSA) is 55.3 Å². The maximum Gasteiger partial charge on any atom is 0.117 e. The Morgan fingerprint density at radius 1 is 1.35 bits per heavy atom. The van der Waals surface area contributed by atoms with Gasteiger partial charge < -0.3 is 10.2 Å². The molecule has 0 spiro atoms. The molecule has 0 aliphatic heterocycles. The molecule has 90 valence electrons. The van der Waals surface area contributed by atoms with Crippen LogP contribution >= 0.6 is 0 Å². The molecular formula is C13H17N3O. The second-order valence-corrected chi connectivity index (χ2v) is 3.96. The van der Waals surface area contributed by atoms with Crippen LogP contribution in [0.4, 0.5) is 5.69 Å². The number of nitrogens with zero attached hydrogens (tertiary/aromatic N) is 2. The summed E-state index contributed by atoms with van der Waals surface area (Å²) in [5, 5.41) is 0. The third kappa shape index (κ3) is 3.32. The van der Waals surface area contributed by atoms with E-state index in [1.54, 1.807) is 18.5 Å². The highest BCUT2D eigenvalue weighted by molar-refractivity contribution is 5.37. The Labute approximate surface area is 101 Å². The van der Waals surface area contributed by atoms with Gasteiger partial charge in [-0.3, -0.25) is 9.88 Å². The lowest BCUT2D eigenvalue weighted by Gasteiger charge is -2.18. The van der Waals surface area contributed by atoms with Crippen LogP contribution in [-0.2, 0) is 13.1 Å². The fraction of sp³-hybridized carbons (Fsp3) is 0.308. The van der Waals surface area contributed by atoms with E-state index in [4.69, 9.17) is 10.2 Å². The summed E-state index contributed by atoms with van der Waals surface area (Å²) >= 11 is 0. The van der Waals surface area contributed by atoms with Crippen LogP contribution in [0.1, 0.15) is 18.4 Å². The molecule has 0 bridgehead atoms. The third-order valence-corrected chi connectivity index (χ3v) is 2.63. The number of nitrogens with two attached hydrogens (primary N) is 1. The minimum absolute atomic E-state index is 0.754. The lowest BCUT2D eigenvalue weighted by Crippen LogP contribution is -2.22. The summed E-state index contributed by atoms with van der Waals surface area (Å²) in [6.07, 6.45) is 3.44. The summed E-state index contributed by atoms with van der Waals surface area (Å²) < 4.78 is 5.34. The van der Waals surface area contributed by atoms with Crippen LogP contribution < -0.4 is 5.73 Å². The number of anilines is 1. The van der Waals surface area contributed by atoms with Gasteiger partial charge in [0.2, 0.25) is 0 Å². The van der Waals surface area contributed by atoms with Crippen LogP contribution in [0.3, 0.4) is 0 Å². The monoisotopic (exact) mass is 231 g/mol. The van der Waals surface area contributed by atoms with Crippen LogP contribution in [0.5, 0.6) is 0 Å². The molecule has 4 heteroatoms. The van der Waals surface area contributed by atoms with Crippen LogP contribution in [0, 0.1) is 0 Å². The molecule has 0 aromatic carbocycles. The summed E-state index contributed by atoms with van der Waals surface area (Å²) in [4.78, 5) is 6.55. The Kier molecular flexibility index (Phi) is 3.77. The van der Waals surface area contributed by atoms with E-state index in [1.165, 1.54) is 0 Å². The first-order chi connectivity index (χ1) is 8.28. The largest absolute Gasteiger partial charge is 0.468 e. The van der Waals surface area contributed by atoms with Crippen LogP contribution in [0.15, 0.2) is 41.1 Å². The lowest BCUT2D eigenvalue weighted by molar-refractivity contribution is 0.245. The standard InChI is InChI=1S/C13H17N3O/c1-2-16(10-13-4-3-7-17-13)9-12-8-11(14)5-6-15-12/h3-8H,2,9-10H2,1H3,(H2,14,15). The molecule has 4 nitrogen and oxygen atoms in total. The zero-order valence-electron chi connectivity index (χ0n) is 9.97. The van der Waals surface area contributed by atoms with Gasteiger partial charge in [0.1, 0.15) is 5.76 Å². The number of hydrogen-bond acceptors (Lipinski definition) is 4. The number of aromatic nitrogens is 1. The van der Waals surface area contributed by atoms with Crippen LogP contribution in [0.25, 0.3) is 0 Å². The second kappa shape index (κ2) is 5.50. The van der Waals surface area contributed by atoms with E-state index in [9.17, 15) is 0 Å². The van der Waals surface area contributed by atoms with E-state index < -0.39 is 0 Å². The smallest absolute Gasteiger partial charge is 0.117 e. The highest BCUT2D eigenvalue weighted by Crippen LogP contribution is 2.10. The average molecular weight is 231 g/mol. The molecule has 0 saturated heterocycles. The molecule has 0 unspecified atom stereocenters. The number of rotatable bonds is 5. The summed E-state index contributed by atoms with van der Waals surface area (Å²) in [6, 6.07) is 7.59. The highest BCUT2D eigenvalue weighted by Gasteiger charge is 2.07. The third-order valence-electron chi connectivity index (χ3n) is 2.63. The number of pyridine rings is 1. The van der Waals surface area contributed by atoms with Crippen molar-refractivity contribution in [1.82, 2.24) is 9.88 Å². The molecule has 2 aromatic heterocycles. The molecule has 0 aliphatic rings. The molecule has 2 N–H and O–H groups in total. The zero-order chi connectivity index (χ0) is 12.1. The predicted molar refractivity (Wildman–Crippen MR) is 67.1 cm³/mol. The van der Waals surface area contributed by atoms with Gasteiger partial charge in [-0.1, -0.05) is 6.92 Å². The van der Waals surface area contributed by atoms with Crippen molar-refractivity contribution in [3.8, 4) is 0 Å². The number of nitrogen functional groups attached to an aromatic ring is 1. The Morgan fingerprint density at radius 2 is 2.24 bits per heavy atom. The van der Waals surface area contributed by atoms with Crippen molar-refractivity contribution in [3.05, 3.63) is 48.2 Å². The Morgan fingerprint density at radius 3 is 2.88 bits per heavy atom. The molecule has 0 radical (unpaired) electrons. The first-order valence-corrected chi connectivity index (χ1v) is 5.73. The maximum absolute atomic E-state index is 5.73. The summed E-state index contributed by atoms with van der Waals surface area (Å²) in [7, 11) is 0. The molecule has 0 fully saturated rings. The van der Waals surface area contributed by atoms with Gasteiger partial charge in [-0.05, 0) is 30.8 Å². The van der Waals surface area contributed by atoms with E-state index in [1.807, 2.05) is 18.2 Å². The van der Waals surface area contributed by atoms with E-state index in [0.717, 1.165) is 36.8 Å². The minimum Gasteiger partial charge on any atom is -0.468 e. The van der Waals surface area contributed by atoms with Crippen LogP contribution in [0.2, 0.25) is 0 Å². The van der Waals surface area contributed by atoms with Crippen molar-refractivity contribution in [2.45, 2.75) is 20.0 Å². The van der Waals surface area contributed by atoms with Crippen molar-refractivity contribution in [1.29, 1.82) is 0 Å².